The van der Waals surface area contributed by atoms with Crippen molar-refractivity contribution in [2.24, 2.45) is 5.92 Å². The fourth-order valence-corrected chi connectivity index (χ4v) is 1.98. The zero-order valence-corrected chi connectivity index (χ0v) is 11.2. The van der Waals surface area contributed by atoms with Crippen LogP contribution in [0.1, 0.15) is 51.6 Å². The SMILES string of the molecule is CCC(NCCCC(C)C)c1ccc(F)cc1. The zero-order valence-electron chi connectivity index (χ0n) is 11.2. The molecule has 0 saturated carbocycles. The summed E-state index contributed by atoms with van der Waals surface area (Å²) in [5.74, 6) is 0.603. The van der Waals surface area contributed by atoms with Crippen molar-refractivity contribution in [3.05, 3.63) is 35.6 Å². The largest absolute Gasteiger partial charge is 0.310 e. The molecule has 0 amide bonds. The highest BCUT2D eigenvalue weighted by molar-refractivity contribution is 5.19. The minimum atomic E-state index is -0.164. The van der Waals surface area contributed by atoms with E-state index in [-0.39, 0.29) is 5.82 Å². The van der Waals surface area contributed by atoms with Gasteiger partial charge in [0.15, 0.2) is 0 Å². The number of rotatable bonds is 7. The molecule has 0 aromatic heterocycles. The Kier molecular flexibility index (Phi) is 6.20. The first-order valence-electron chi connectivity index (χ1n) is 6.62. The first kappa shape index (κ1) is 14.2. The molecule has 1 aromatic rings. The number of benzene rings is 1. The van der Waals surface area contributed by atoms with E-state index in [9.17, 15) is 4.39 Å². The highest BCUT2D eigenvalue weighted by Crippen LogP contribution is 2.17. The van der Waals surface area contributed by atoms with Crippen LogP contribution in [0.3, 0.4) is 0 Å². The van der Waals surface area contributed by atoms with Gasteiger partial charge in [0.1, 0.15) is 5.82 Å². The summed E-state index contributed by atoms with van der Waals surface area (Å²) in [4.78, 5) is 0. The van der Waals surface area contributed by atoms with Gasteiger partial charge in [-0.3, -0.25) is 0 Å². The van der Waals surface area contributed by atoms with E-state index >= 15 is 0 Å². The third-order valence-corrected chi connectivity index (χ3v) is 3.03. The van der Waals surface area contributed by atoms with Gasteiger partial charge in [-0.15, -0.1) is 0 Å². The van der Waals surface area contributed by atoms with E-state index in [1.807, 2.05) is 12.1 Å². The summed E-state index contributed by atoms with van der Waals surface area (Å²) in [7, 11) is 0. The highest BCUT2D eigenvalue weighted by Gasteiger charge is 2.08. The summed E-state index contributed by atoms with van der Waals surface area (Å²) in [5, 5.41) is 3.54. The van der Waals surface area contributed by atoms with Crippen LogP contribution in [-0.4, -0.2) is 6.54 Å². The van der Waals surface area contributed by atoms with Crippen molar-refractivity contribution in [2.75, 3.05) is 6.54 Å². The Morgan fingerprint density at radius 2 is 1.82 bits per heavy atom. The third-order valence-electron chi connectivity index (χ3n) is 3.03. The Morgan fingerprint density at radius 3 is 2.35 bits per heavy atom. The lowest BCUT2D eigenvalue weighted by atomic mass is 10.0. The fraction of sp³-hybridized carbons (Fsp3) is 0.600. The minimum Gasteiger partial charge on any atom is -0.310 e. The number of hydrogen-bond donors (Lipinski definition) is 1. The predicted octanol–water partition coefficient (Wildman–Crippen LogP) is 4.30. The second-order valence-corrected chi connectivity index (χ2v) is 5.00. The lowest BCUT2D eigenvalue weighted by Gasteiger charge is -2.17. The van der Waals surface area contributed by atoms with E-state index < -0.39 is 0 Å². The molecule has 0 spiro atoms. The average molecular weight is 237 g/mol. The van der Waals surface area contributed by atoms with Crippen LogP contribution in [0.5, 0.6) is 0 Å². The fourth-order valence-electron chi connectivity index (χ4n) is 1.98. The smallest absolute Gasteiger partial charge is 0.123 e. The molecule has 1 nitrogen and oxygen atoms in total. The standard InChI is InChI=1S/C15H24FN/c1-4-15(17-11-5-6-12(2)3)13-7-9-14(16)10-8-13/h7-10,12,15,17H,4-6,11H2,1-3H3. The maximum absolute atomic E-state index is 12.8. The molecule has 17 heavy (non-hydrogen) atoms. The van der Waals surface area contributed by atoms with Crippen LogP contribution in [0.15, 0.2) is 24.3 Å². The van der Waals surface area contributed by atoms with E-state index in [1.54, 1.807) is 0 Å². The van der Waals surface area contributed by atoms with Gasteiger partial charge in [0, 0.05) is 6.04 Å². The van der Waals surface area contributed by atoms with Crippen LogP contribution in [0.2, 0.25) is 0 Å². The van der Waals surface area contributed by atoms with Crippen molar-refractivity contribution in [3.8, 4) is 0 Å². The second kappa shape index (κ2) is 7.44. The van der Waals surface area contributed by atoms with Gasteiger partial charge in [0.25, 0.3) is 0 Å². The maximum atomic E-state index is 12.8. The van der Waals surface area contributed by atoms with Crippen LogP contribution in [0.4, 0.5) is 4.39 Å². The van der Waals surface area contributed by atoms with Crippen LogP contribution < -0.4 is 5.32 Å². The van der Waals surface area contributed by atoms with Gasteiger partial charge < -0.3 is 5.32 Å². The molecule has 0 saturated heterocycles. The normalized spacial score (nSPS) is 13.0. The van der Waals surface area contributed by atoms with Gasteiger partial charge in [-0.25, -0.2) is 4.39 Å². The molecule has 0 aliphatic heterocycles. The molecule has 1 N–H and O–H groups in total. The first-order chi connectivity index (χ1) is 8.13. The summed E-state index contributed by atoms with van der Waals surface area (Å²) in [6, 6.07) is 7.17. The molecule has 96 valence electrons. The number of halogens is 1. The van der Waals surface area contributed by atoms with Crippen molar-refractivity contribution in [1.82, 2.24) is 5.32 Å². The number of nitrogens with one attached hydrogen (secondary N) is 1. The van der Waals surface area contributed by atoms with Gasteiger partial charge in [-0.05, 0) is 49.4 Å². The topological polar surface area (TPSA) is 12.0 Å². The third kappa shape index (κ3) is 5.31. The van der Waals surface area contributed by atoms with E-state index in [0.29, 0.717) is 6.04 Å². The molecule has 0 radical (unpaired) electrons. The van der Waals surface area contributed by atoms with Crippen molar-refractivity contribution < 1.29 is 4.39 Å². The van der Waals surface area contributed by atoms with Crippen LogP contribution in [-0.2, 0) is 0 Å². The summed E-state index contributed by atoms with van der Waals surface area (Å²) in [6.07, 6.45) is 3.50. The van der Waals surface area contributed by atoms with Crippen LogP contribution in [0.25, 0.3) is 0 Å². The Balaban J connectivity index is 2.40. The zero-order chi connectivity index (χ0) is 12.7. The molecule has 1 aromatic carbocycles. The summed E-state index contributed by atoms with van der Waals surface area (Å²) in [6.45, 7) is 7.69. The predicted molar refractivity (Wildman–Crippen MR) is 71.5 cm³/mol. The highest BCUT2D eigenvalue weighted by atomic mass is 19.1. The second-order valence-electron chi connectivity index (χ2n) is 5.00. The van der Waals surface area contributed by atoms with E-state index in [4.69, 9.17) is 0 Å². The first-order valence-corrected chi connectivity index (χ1v) is 6.62. The molecular formula is C15H24FN. The minimum absolute atomic E-state index is 0.164. The monoisotopic (exact) mass is 237 g/mol. The molecular weight excluding hydrogens is 213 g/mol. The van der Waals surface area contributed by atoms with Crippen molar-refractivity contribution in [2.45, 2.75) is 46.1 Å². The molecule has 1 atom stereocenters. The lowest BCUT2D eigenvalue weighted by Crippen LogP contribution is -2.22. The quantitative estimate of drug-likeness (QED) is 0.697. The summed E-state index contributed by atoms with van der Waals surface area (Å²) in [5.41, 5.74) is 1.18. The van der Waals surface area contributed by atoms with Crippen molar-refractivity contribution >= 4 is 0 Å². The van der Waals surface area contributed by atoms with Gasteiger partial charge in [-0.2, -0.15) is 0 Å². The van der Waals surface area contributed by atoms with E-state index in [1.165, 1.54) is 30.5 Å². The Labute approximate surface area is 104 Å². The molecule has 0 fully saturated rings. The number of hydrogen-bond acceptors (Lipinski definition) is 1. The van der Waals surface area contributed by atoms with Crippen molar-refractivity contribution in [3.63, 3.8) is 0 Å². The van der Waals surface area contributed by atoms with Gasteiger partial charge in [0.2, 0.25) is 0 Å². The molecule has 2 heteroatoms. The summed E-state index contributed by atoms with van der Waals surface area (Å²) >= 11 is 0. The van der Waals surface area contributed by atoms with Gasteiger partial charge >= 0.3 is 0 Å². The van der Waals surface area contributed by atoms with Crippen LogP contribution >= 0.6 is 0 Å². The van der Waals surface area contributed by atoms with Crippen molar-refractivity contribution in [1.29, 1.82) is 0 Å². The molecule has 0 aliphatic rings. The molecule has 1 unspecified atom stereocenters. The van der Waals surface area contributed by atoms with Crippen LogP contribution in [0, 0.1) is 11.7 Å². The van der Waals surface area contributed by atoms with Gasteiger partial charge in [-0.1, -0.05) is 32.9 Å². The molecule has 1 rings (SSSR count). The van der Waals surface area contributed by atoms with E-state index in [2.05, 4.69) is 26.1 Å². The maximum Gasteiger partial charge on any atom is 0.123 e. The van der Waals surface area contributed by atoms with E-state index in [0.717, 1.165) is 18.9 Å². The Morgan fingerprint density at radius 1 is 1.18 bits per heavy atom. The average Bonchev–Trinajstić information content (AvgIpc) is 2.30. The molecule has 0 bridgehead atoms. The Hall–Kier alpha value is -0.890. The molecule has 0 aliphatic carbocycles. The Bertz CT molecular complexity index is 305. The lowest BCUT2D eigenvalue weighted by molar-refractivity contribution is 0.473. The molecule has 0 heterocycles. The van der Waals surface area contributed by atoms with Gasteiger partial charge in [0.05, 0.1) is 0 Å². The summed E-state index contributed by atoms with van der Waals surface area (Å²) < 4.78 is 12.8.